The molecule has 39 heavy (non-hydrogen) atoms. The number of aromatic nitrogens is 4. The summed E-state index contributed by atoms with van der Waals surface area (Å²) in [5.41, 5.74) is 2.64. The first kappa shape index (κ1) is 26.2. The number of benzene rings is 1. The molecule has 3 aromatic heterocycles. The molecule has 1 saturated carbocycles. The molecule has 2 aliphatic rings. The Hall–Kier alpha value is -3.02. The minimum absolute atomic E-state index is 0.0156. The van der Waals surface area contributed by atoms with E-state index in [1.165, 1.54) is 12.1 Å². The van der Waals surface area contributed by atoms with Crippen LogP contribution in [0.5, 0.6) is 5.75 Å². The van der Waals surface area contributed by atoms with Crippen LogP contribution >= 0.6 is 0 Å². The van der Waals surface area contributed by atoms with Crippen molar-refractivity contribution < 1.29 is 22.3 Å². The maximum absolute atomic E-state index is 14.0. The molecule has 1 N–H and O–H groups in total. The number of likely N-dealkylation sites (tertiary alicyclic amines) is 1. The van der Waals surface area contributed by atoms with Gasteiger partial charge in [-0.25, -0.2) is 23.7 Å². The van der Waals surface area contributed by atoms with Gasteiger partial charge in [-0.3, -0.25) is 9.11 Å². The zero-order valence-electron chi connectivity index (χ0n) is 21.4. The van der Waals surface area contributed by atoms with E-state index in [1.807, 2.05) is 6.07 Å². The Balaban J connectivity index is 1.13. The van der Waals surface area contributed by atoms with Crippen molar-refractivity contribution >= 4 is 33.0 Å². The number of H-pyrrole nitrogens is 1. The van der Waals surface area contributed by atoms with Crippen LogP contribution < -0.4 is 4.74 Å². The first-order valence-electron chi connectivity index (χ1n) is 13.4. The van der Waals surface area contributed by atoms with E-state index < -0.39 is 28.1 Å². The minimum Gasteiger partial charge on any atom is -0.771 e. The molecule has 8 nitrogen and oxygen atoms in total. The van der Waals surface area contributed by atoms with Gasteiger partial charge in [-0.15, -0.1) is 0 Å². The summed E-state index contributed by atoms with van der Waals surface area (Å²) in [5, 5.41) is 1.46. The van der Waals surface area contributed by atoms with Gasteiger partial charge in [0.25, 0.3) is 0 Å². The number of aromatic amines is 1. The summed E-state index contributed by atoms with van der Waals surface area (Å²) in [4.78, 5) is 18.6. The summed E-state index contributed by atoms with van der Waals surface area (Å²) < 4.78 is 57.9. The molecule has 6 rings (SSSR count). The number of ether oxygens (including phenoxy) is 1. The van der Waals surface area contributed by atoms with Crippen molar-refractivity contribution in [2.75, 3.05) is 19.7 Å². The summed E-state index contributed by atoms with van der Waals surface area (Å²) in [6, 6.07) is 5.23. The van der Waals surface area contributed by atoms with Crippen LogP contribution in [0.1, 0.15) is 50.1 Å². The summed E-state index contributed by atoms with van der Waals surface area (Å²) in [6.07, 6.45) is 10.3. The van der Waals surface area contributed by atoms with Crippen LogP contribution in [0.25, 0.3) is 21.9 Å². The van der Waals surface area contributed by atoms with E-state index in [2.05, 4.69) is 24.8 Å². The Morgan fingerprint density at radius 2 is 1.97 bits per heavy atom. The average Bonchev–Trinajstić information content (AvgIpc) is 3.42. The molecule has 1 saturated heterocycles. The van der Waals surface area contributed by atoms with E-state index >= 15 is 0 Å². The molecule has 2 fully saturated rings. The monoisotopic (exact) mass is 554 g/mol. The third kappa shape index (κ3) is 5.39. The Labute approximate surface area is 227 Å². The Morgan fingerprint density at radius 3 is 2.77 bits per heavy atom. The predicted molar refractivity (Wildman–Crippen MR) is 143 cm³/mol. The van der Waals surface area contributed by atoms with E-state index in [-0.39, 0.29) is 30.1 Å². The fourth-order valence-electron chi connectivity index (χ4n) is 6.43. The van der Waals surface area contributed by atoms with Gasteiger partial charge in [-0.2, -0.15) is 0 Å². The number of fused-ring (bicyclic) bond motifs is 3. The fourth-order valence-corrected chi connectivity index (χ4v) is 7.45. The highest BCUT2D eigenvalue weighted by Gasteiger charge is 2.36. The van der Waals surface area contributed by atoms with Crippen molar-refractivity contribution in [3.63, 3.8) is 0 Å². The molecule has 1 aliphatic heterocycles. The smallest absolute Gasteiger partial charge is 0.167 e. The van der Waals surface area contributed by atoms with Crippen molar-refractivity contribution in [3.8, 4) is 5.75 Å². The number of nitrogens with zero attached hydrogens (tertiary/aromatic N) is 4. The number of hydrogen-bond acceptors (Lipinski definition) is 7. The zero-order chi connectivity index (χ0) is 26.9. The van der Waals surface area contributed by atoms with E-state index in [1.54, 1.807) is 18.7 Å². The maximum Gasteiger partial charge on any atom is 0.167 e. The molecule has 3 atom stereocenters. The van der Waals surface area contributed by atoms with E-state index in [0.717, 1.165) is 66.6 Å². The number of nitrogens with one attached hydrogen (secondary N) is 1. The zero-order valence-corrected chi connectivity index (χ0v) is 22.2. The van der Waals surface area contributed by atoms with Crippen LogP contribution in [0.3, 0.4) is 0 Å². The van der Waals surface area contributed by atoms with Gasteiger partial charge in [0, 0.05) is 41.2 Å². The third-order valence-corrected chi connectivity index (χ3v) is 9.34. The number of hydrogen-bond donors (Lipinski definition) is 1. The molecule has 4 heterocycles. The maximum atomic E-state index is 14.0. The molecule has 4 aromatic rings. The molecule has 0 radical (unpaired) electrons. The summed E-state index contributed by atoms with van der Waals surface area (Å²) in [7, 11) is 0. The third-order valence-electron chi connectivity index (χ3n) is 8.27. The Morgan fingerprint density at radius 1 is 1.13 bits per heavy atom. The highest BCUT2D eigenvalue weighted by atomic mass is 32.2. The number of pyridine rings is 1. The van der Waals surface area contributed by atoms with Gasteiger partial charge in [0.1, 0.15) is 5.82 Å². The van der Waals surface area contributed by atoms with Crippen molar-refractivity contribution in [3.05, 3.63) is 60.3 Å². The Kier molecular flexibility index (Phi) is 7.55. The average molecular weight is 555 g/mol. The lowest BCUT2D eigenvalue weighted by atomic mass is 9.79. The molecule has 0 spiro atoms. The predicted octanol–water partition coefficient (Wildman–Crippen LogP) is 5.05. The lowest BCUT2D eigenvalue weighted by molar-refractivity contribution is 0.0865. The molecule has 11 heteroatoms. The molecule has 206 valence electrons. The quantitative estimate of drug-likeness (QED) is 0.319. The second kappa shape index (κ2) is 11.2. The van der Waals surface area contributed by atoms with Gasteiger partial charge in [-0.1, -0.05) is 0 Å². The lowest BCUT2D eigenvalue weighted by Crippen LogP contribution is -2.50. The van der Waals surface area contributed by atoms with Gasteiger partial charge in [-0.05, 0) is 86.2 Å². The highest BCUT2D eigenvalue weighted by molar-refractivity contribution is 7.79. The van der Waals surface area contributed by atoms with E-state index in [9.17, 15) is 17.5 Å². The second-order valence-corrected chi connectivity index (χ2v) is 11.7. The first-order valence-corrected chi connectivity index (χ1v) is 14.6. The topological polar surface area (TPSA) is 107 Å². The standard InChI is InChI=1S/C28H31F2N5O3S/c29-20-7-8-24(22(30)12-20)38-15-17-2-1-11-35(14-17)28(39(36)37)19-5-3-18(4-6-19)26-25-21-9-10-31-27(21)32-13-23(25)33-16-34-26/h7-10,12-13,16-19,28H,1-6,11,14-15H2,(H,33,34)(H,36,37)/p-1. The fraction of sp³-hybridized carbons (Fsp3) is 0.464. The van der Waals surface area contributed by atoms with Gasteiger partial charge < -0.3 is 14.3 Å². The van der Waals surface area contributed by atoms with Crippen molar-refractivity contribution in [2.45, 2.75) is 49.8 Å². The lowest BCUT2D eigenvalue weighted by Gasteiger charge is -2.44. The normalized spacial score (nSPS) is 24.1. The molecule has 1 aromatic carbocycles. The van der Waals surface area contributed by atoms with Crippen molar-refractivity contribution in [2.24, 2.45) is 11.8 Å². The largest absolute Gasteiger partial charge is 0.771 e. The van der Waals surface area contributed by atoms with Gasteiger partial charge in [0.2, 0.25) is 0 Å². The highest BCUT2D eigenvalue weighted by Crippen LogP contribution is 2.41. The molecule has 0 bridgehead atoms. The summed E-state index contributed by atoms with van der Waals surface area (Å²) >= 11 is -2.25. The molecule has 3 unspecified atom stereocenters. The molecular formula is C28H30F2N5O3S-. The van der Waals surface area contributed by atoms with Crippen LogP contribution in [0.2, 0.25) is 0 Å². The SMILES string of the molecule is O=S([O-])C(C1CCC(c2[nH]cnc3cnc4nccc4c23)CC1)N1CCCC(COc2ccc(F)cc2F)C1. The van der Waals surface area contributed by atoms with Crippen LogP contribution in [0, 0.1) is 23.5 Å². The van der Waals surface area contributed by atoms with Crippen molar-refractivity contribution in [1.29, 1.82) is 0 Å². The number of rotatable bonds is 7. The van der Waals surface area contributed by atoms with Gasteiger partial charge in [0.15, 0.2) is 17.2 Å². The first-order chi connectivity index (χ1) is 19.0. The second-order valence-electron chi connectivity index (χ2n) is 10.7. The number of piperidine rings is 1. The van der Waals surface area contributed by atoms with Crippen LogP contribution in [-0.4, -0.2) is 58.7 Å². The Bertz CT molecular complexity index is 1490. The summed E-state index contributed by atoms with van der Waals surface area (Å²) in [6.45, 7) is 1.53. The minimum atomic E-state index is -2.25. The van der Waals surface area contributed by atoms with Crippen LogP contribution in [-0.2, 0) is 11.1 Å². The van der Waals surface area contributed by atoms with Gasteiger partial charge in [0.05, 0.1) is 30.0 Å². The molecule has 1 aliphatic carbocycles. The molecule has 0 amide bonds. The van der Waals surface area contributed by atoms with E-state index in [4.69, 9.17) is 4.74 Å². The van der Waals surface area contributed by atoms with E-state index in [0.29, 0.717) is 18.7 Å². The van der Waals surface area contributed by atoms with Crippen LogP contribution in [0.4, 0.5) is 8.78 Å². The molecular weight excluding hydrogens is 524 g/mol. The van der Waals surface area contributed by atoms with Gasteiger partial charge >= 0.3 is 0 Å². The van der Waals surface area contributed by atoms with Crippen LogP contribution in [0.15, 0.2) is 43.0 Å². The van der Waals surface area contributed by atoms with Crippen molar-refractivity contribution in [1.82, 2.24) is 24.8 Å². The number of halogens is 2. The summed E-state index contributed by atoms with van der Waals surface area (Å²) in [5.74, 6) is -1.00.